The number of hydrogen-bond acceptors (Lipinski definition) is 3. The number of carbonyl (C=O) groups is 2. The summed E-state index contributed by atoms with van der Waals surface area (Å²) >= 11 is 0. The smallest absolute Gasteiger partial charge is 0.327 e. The van der Waals surface area contributed by atoms with Crippen LogP contribution in [0.5, 0.6) is 0 Å². The van der Waals surface area contributed by atoms with Crippen LogP contribution in [0, 0.1) is 12.3 Å². The van der Waals surface area contributed by atoms with Crippen LogP contribution in [0.4, 0.5) is 0 Å². The van der Waals surface area contributed by atoms with Crippen molar-refractivity contribution in [3.8, 4) is 12.3 Å². The van der Waals surface area contributed by atoms with Crippen molar-refractivity contribution in [2.45, 2.75) is 12.5 Å². The molecule has 1 unspecified atom stereocenters. The van der Waals surface area contributed by atoms with Crippen LogP contribution in [0.25, 0.3) is 10.8 Å². The Kier molecular flexibility index (Phi) is 4.05. The molecule has 1 aromatic heterocycles. The van der Waals surface area contributed by atoms with Crippen LogP contribution >= 0.6 is 0 Å². The summed E-state index contributed by atoms with van der Waals surface area (Å²) < 4.78 is 0. The summed E-state index contributed by atoms with van der Waals surface area (Å²) in [5.74, 6) is 0.253. The molecule has 0 aliphatic rings. The van der Waals surface area contributed by atoms with E-state index in [0.717, 1.165) is 0 Å². The largest absolute Gasteiger partial charge is 0.480 e. The zero-order chi connectivity index (χ0) is 15.4. The van der Waals surface area contributed by atoms with Gasteiger partial charge in [-0.15, -0.1) is 12.3 Å². The highest BCUT2D eigenvalue weighted by Crippen LogP contribution is 2.10. The van der Waals surface area contributed by atoms with Crippen molar-refractivity contribution in [3.05, 3.63) is 46.4 Å². The van der Waals surface area contributed by atoms with Gasteiger partial charge in [0.15, 0.2) is 0 Å². The number of carbonyl (C=O) groups excluding carboxylic acids is 1. The van der Waals surface area contributed by atoms with E-state index in [1.807, 2.05) is 0 Å². The molecule has 1 amide bonds. The first-order chi connectivity index (χ1) is 10.0. The monoisotopic (exact) mass is 284 g/mol. The molecule has 6 nitrogen and oxygen atoms in total. The molecule has 0 saturated heterocycles. The molecule has 0 saturated carbocycles. The molecule has 1 aromatic carbocycles. The third-order valence-corrected chi connectivity index (χ3v) is 2.92. The highest BCUT2D eigenvalue weighted by Gasteiger charge is 2.20. The van der Waals surface area contributed by atoms with Crippen molar-refractivity contribution in [3.63, 3.8) is 0 Å². The van der Waals surface area contributed by atoms with Gasteiger partial charge in [0.05, 0.1) is 0 Å². The number of benzene rings is 1. The lowest BCUT2D eigenvalue weighted by Gasteiger charge is -2.11. The number of pyridine rings is 1. The Morgan fingerprint density at radius 2 is 2.10 bits per heavy atom. The van der Waals surface area contributed by atoms with Gasteiger partial charge in [-0.3, -0.25) is 9.59 Å². The third kappa shape index (κ3) is 3.09. The summed E-state index contributed by atoms with van der Waals surface area (Å²) in [5, 5.41) is 12.3. The van der Waals surface area contributed by atoms with E-state index in [2.05, 4.69) is 16.2 Å². The Morgan fingerprint density at radius 3 is 2.76 bits per heavy atom. The van der Waals surface area contributed by atoms with E-state index in [9.17, 15) is 14.4 Å². The Hall–Kier alpha value is -3.07. The molecular formula is C15H12N2O4. The Bertz CT molecular complexity index is 801. The number of rotatable bonds is 4. The SMILES string of the molecule is C#CCC(NC(=O)c1cc2ccccc2c(=O)[nH]1)C(=O)O. The van der Waals surface area contributed by atoms with E-state index in [-0.39, 0.29) is 12.1 Å². The van der Waals surface area contributed by atoms with Crippen molar-refractivity contribution in [1.82, 2.24) is 10.3 Å². The zero-order valence-corrected chi connectivity index (χ0v) is 10.9. The lowest BCUT2D eigenvalue weighted by atomic mass is 10.1. The van der Waals surface area contributed by atoms with Crippen molar-refractivity contribution in [2.75, 3.05) is 0 Å². The second-order valence-corrected chi connectivity index (χ2v) is 4.37. The summed E-state index contributed by atoms with van der Waals surface area (Å²) in [6, 6.07) is 7.07. The predicted molar refractivity (Wildman–Crippen MR) is 76.9 cm³/mol. The number of fused-ring (bicyclic) bond motifs is 1. The van der Waals surface area contributed by atoms with Crippen LogP contribution in [0.3, 0.4) is 0 Å². The van der Waals surface area contributed by atoms with Crippen LogP contribution in [0.2, 0.25) is 0 Å². The van der Waals surface area contributed by atoms with Crippen LogP contribution in [-0.2, 0) is 4.79 Å². The van der Waals surface area contributed by atoms with Gasteiger partial charge in [0, 0.05) is 11.8 Å². The Labute approximate surface area is 119 Å². The highest BCUT2D eigenvalue weighted by molar-refractivity contribution is 5.98. The summed E-state index contributed by atoms with van der Waals surface area (Å²) in [4.78, 5) is 37.3. The minimum absolute atomic E-state index is 0.0121. The summed E-state index contributed by atoms with van der Waals surface area (Å²) in [5.41, 5.74) is -0.427. The van der Waals surface area contributed by atoms with Crippen molar-refractivity contribution < 1.29 is 14.7 Å². The molecule has 0 radical (unpaired) electrons. The minimum Gasteiger partial charge on any atom is -0.480 e. The van der Waals surface area contributed by atoms with E-state index >= 15 is 0 Å². The third-order valence-electron chi connectivity index (χ3n) is 2.92. The molecule has 21 heavy (non-hydrogen) atoms. The normalized spacial score (nSPS) is 11.6. The van der Waals surface area contributed by atoms with E-state index < -0.39 is 23.5 Å². The van der Waals surface area contributed by atoms with Gasteiger partial charge < -0.3 is 15.4 Å². The summed E-state index contributed by atoms with van der Waals surface area (Å²) in [7, 11) is 0. The first-order valence-corrected chi connectivity index (χ1v) is 6.12. The van der Waals surface area contributed by atoms with Crippen molar-refractivity contribution >= 4 is 22.6 Å². The molecule has 0 aliphatic carbocycles. The number of hydrogen-bond donors (Lipinski definition) is 3. The molecule has 1 atom stereocenters. The number of carboxylic acid groups (broad SMARTS) is 1. The number of terminal acetylenes is 1. The van der Waals surface area contributed by atoms with Gasteiger partial charge in [0.2, 0.25) is 0 Å². The molecule has 2 rings (SSSR count). The molecule has 106 valence electrons. The quantitative estimate of drug-likeness (QED) is 0.721. The van der Waals surface area contributed by atoms with E-state index in [1.54, 1.807) is 24.3 Å². The van der Waals surface area contributed by atoms with Gasteiger partial charge in [0.25, 0.3) is 11.5 Å². The van der Waals surface area contributed by atoms with Gasteiger partial charge in [-0.25, -0.2) is 4.79 Å². The molecular weight excluding hydrogens is 272 g/mol. The molecule has 0 bridgehead atoms. The number of aromatic nitrogens is 1. The van der Waals surface area contributed by atoms with Crippen LogP contribution in [-0.4, -0.2) is 28.0 Å². The molecule has 0 spiro atoms. The molecule has 2 aromatic rings. The lowest BCUT2D eigenvalue weighted by molar-refractivity contribution is -0.139. The van der Waals surface area contributed by atoms with Crippen molar-refractivity contribution in [1.29, 1.82) is 0 Å². The first-order valence-electron chi connectivity index (χ1n) is 6.12. The van der Waals surface area contributed by atoms with Crippen LogP contribution in [0.15, 0.2) is 35.1 Å². The second-order valence-electron chi connectivity index (χ2n) is 4.37. The Morgan fingerprint density at radius 1 is 1.38 bits per heavy atom. The fraction of sp³-hybridized carbons (Fsp3) is 0.133. The number of aliphatic carboxylic acids is 1. The van der Waals surface area contributed by atoms with E-state index in [1.165, 1.54) is 6.07 Å². The van der Waals surface area contributed by atoms with Crippen molar-refractivity contribution in [2.24, 2.45) is 0 Å². The number of nitrogens with one attached hydrogen (secondary N) is 2. The molecule has 1 heterocycles. The Balaban J connectivity index is 2.34. The number of aromatic amines is 1. The summed E-state index contributed by atoms with van der Waals surface area (Å²) in [6.45, 7) is 0. The molecule has 3 N–H and O–H groups in total. The maximum atomic E-state index is 12.0. The van der Waals surface area contributed by atoms with Crippen LogP contribution in [0.1, 0.15) is 16.9 Å². The number of H-pyrrole nitrogens is 1. The predicted octanol–water partition coefficient (Wildman–Crippen LogP) is 0.734. The van der Waals surface area contributed by atoms with Gasteiger partial charge in [0.1, 0.15) is 11.7 Å². The minimum atomic E-state index is -1.23. The zero-order valence-electron chi connectivity index (χ0n) is 10.9. The average molecular weight is 284 g/mol. The number of carboxylic acids is 1. The van der Waals surface area contributed by atoms with E-state index in [4.69, 9.17) is 11.5 Å². The van der Waals surface area contributed by atoms with Gasteiger partial charge in [-0.05, 0) is 17.5 Å². The van der Waals surface area contributed by atoms with Gasteiger partial charge >= 0.3 is 5.97 Å². The fourth-order valence-corrected chi connectivity index (χ4v) is 1.89. The standard InChI is InChI=1S/C15H12N2O4/c1-2-5-11(15(20)21)16-14(19)12-8-9-6-3-4-7-10(9)13(18)17-12/h1,3-4,6-8,11H,5H2,(H,16,19)(H,17,18)(H,20,21). The van der Waals surface area contributed by atoms with Gasteiger partial charge in [-0.1, -0.05) is 18.2 Å². The summed E-state index contributed by atoms with van der Waals surface area (Å²) in [6.07, 6.45) is 4.92. The molecule has 0 aliphatic heterocycles. The lowest BCUT2D eigenvalue weighted by Crippen LogP contribution is -2.41. The maximum absolute atomic E-state index is 12.0. The topological polar surface area (TPSA) is 99.3 Å². The maximum Gasteiger partial charge on any atom is 0.327 e. The molecule has 6 heteroatoms. The first kappa shape index (κ1) is 14.3. The average Bonchev–Trinajstić information content (AvgIpc) is 2.46. The fourth-order valence-electron chi connectivity index (χ4n) is 1.89. The second kappa shape index (κ2) is 5.92. The van der Waals surface area contributed by atoms with Gasteiger partial charge in [-0.2, -0.15) is 0 Å². The molecule has 0 fully saturated rings. The highest BCUT2D eigenvalue weighted by atomic mass is 16.4. The van der Waals surface area contributed by atoms with E-state index in [0.29, 0.717) is 10.8 Å². The van der Waals surface area contributed by atoms with Crippen LogP contribution < -0.4 is 10.9 Å². The number of amides is 1.